The summed E-state index contributed by atoms with van der Waals surface area (Å²) in [5, 5.41) is 2.59. The summed E-state index contributed by atoms with van der Waals surface area (Å²) in [5.74, 6) is 0. The van der Waals surface area contributed by atoms with Crippen LogP contribution in [0.5, 0.6) is 0 Å². The van der Waals surface area contributed by atoms with Crippen LogP contribution in [0, 0.1) is 6.92 Å². The summed E-state index contributed by atoms with van der Waals surface area (Å²) < 4.78 is 0. The first-order valence-electron chi connectivity index (χ1n) is 6.25. The van der Waals surface area contributed by atoms with Gasteiger partial charge in [0.2, 0.25) is 0 Å². The molecule has 0 bridgehead atoms. The number of nitrogens with zero attached hydrogens (tertiary/aromatic N) is 1. The molecule has 0 fully saturated rings. The van der Waals surface area contributed by atoms with E-state index in [9.17, 15) is 4.79 Å². The maximum atomic E-state index is 12.7. The maximum absolute atomic E-state index is 12.7. The number of rotatable bonds is 1. The average Bonchev–Trinajstić information content (AvgIpc) is 2.58. The van der Waals surface area contributed by atoms with Crippen molar-refractivity contribution < 1.29 is 0 Å². The molecule has 0 spiro atoms. The zero-order chi connectivity index (χ0) is 14.3. The second-order valence-electron chi connectivity index (χ2n) is 4.75. The van der Waals surface area contributed by atoms with Crippen LogP contribution >= 0.6 is 11.6 Å². The Morgan fingerprint density at radius 1 is 1.15 bits per heavy atom. The molecule has 2 nitrogen and oxygen atoms in total. The van der Waals surface area contributed by atoms with E-state index in [1.54, 1.807) is 18.3 Å². The van der Waals surface area contributed by atoms with Crippen LogP contribution in [0.1, 0.15) is 11.1 Å². The maximum Gasteiger partial charge on any atom is 0.195 e. The molecule has 2 aromatic carbocycles. The van der Waals surface area contributed by atoms with Crippen molar-refractivity contribution in [3.8, 4) is 0 Å². The third kappa shape index (κ3) is 1.98. The number of halogens is 1. The van der Waals surface area contributed by atoms with Crippen molar-refractivity contribution in [1.29, 1.82) is 0 Å². The van der Waals surface area contributed by atoms with Crippen molar-refractivity contribution >= 4 is 39.4 Å². The Hall–Kier alpha value is -2.19. The van der Waals surface area contributed by atoms with Gasteiger partial charge in [0.25, 0.3) is 0 Å². The highest BCUT2D eigenvalue weighted by atomic mass is 35.5. The standard InChI is InChI=1S/C17H12ClNO/c1-3-11-6-10(2)13-4-5-16-15(8-12(18)9-19-16)17(20)14(13)7-11/h3-9H,1H2,2H3. The van der Waals surface area contributed by atoms with Crippen molar-refractivity contribution in [3.05, 3.63) is 69.5 Å². The summed E-state index contributed by atoms with van der Waals surface area (Å²) in [6.45, 7) is 5.75. The van der Waals surface area contributed by atoms with E-state index in [1.165, 1.54) is 0 Å². The normalized spacial score (nSPS) is 10.9. The van der Waals surface area contributed by atoms with Crippen LogP contribution in [-0.4, -0.2) is 4.98 Å². The van der Waals surface area contributed by atoms with Gasteiger partial charge in [-0.15, -0.1) is 0 Å². The highest BCUT2D eigenvalue weighted by Crippen LogP contribution is 2.21. The number of hydrogen-bond donors (Lipinski definition) is 0. The van der Waals surface area contributed by atoms with E-state index in [0.717, 1.165) is 16.5 Å². The molecule has 0 atom stereocenters. The first-order chi connectivity index (χ1) is 9.60. The summed E-state index contributed by atoms with van der Waals surface area (Å²) in [5.41, 5.74) is 2.57. The van der Waals surface area contributed by atoms with Gasteiger partial charge >= 0.3 is 0 Å². The molecule has 0 radical (unpaired) electrons. The Labute approximate surface area is 121 Å². The van der Waals surface area contributed by atoms with E-state index in [2.05, 4.69) is 11.6 Å². The summed E-state index contributed by atoms with van der Waals surface area (Å²) in [4.78, 5) is 17.0. The molecule has 3 rings (SSSR count). The fraction of sp³-hybridized carbons (Fsp3) is 0.0588. The first kappa shape index (κ1) is 12.8. The molecule has 0 aliphatic carbocycles. The molecule has 0 saturated heterocycles. The highest BCUT2D eigenvalue weighted by Gasteiger charge is 2.06. The van der Waals surface area contributed by atoms with Crippen LogP contribution < -0.4 is 5.43 Å². The first-order valence-corrected chi connectivity index (χ1v) is 6.63. The van der Waals surface area contributed by atoms with Crippen molar-refractivity contribution in [2.75, 3.05) is 0 Å². The molecule has 1 heterocycles. The Bertz CT molecular complexity index is 916. The van der Waals surface area contributed by atoms with E-state index >= 15 is 0 Å². The zero-order valence-corrected chi connectivity index (χ0v) is 11.7. The van der Waals surface area contributed by atoms with Gasteiger partial charge in [-0.2, -0.15) is 0 Å². The van der Waals surface area contributed by atoms with Gasteiger partial charge in [0.15, 0.2) is 5.43 Å². The van der Waals surface area contributed by atoms with Gasteiger partial charge < -0.3 is 0 Å². The molecule has 0 saturated carbocycles. The number of aromatic nitrogens is 1. The molecular formula is C17H12ClNO. The Balaban J connectivity index is 2.62. The molecule has 3 heteroatoms. The monoisotopic (exact) mass is 281 g/mol. The van der Waals surface area contributed by atoms with E-state index < -0.39 is 0 Å². The summed E-state index contributed by atoms with van der Waals surface area (Å²) >= 11 is 5.96. The Morgan fingerprint density at radius 3 is 2.70 bits per heavy atom. The second-order valence-corrected chi connectivity index (χ2v) is 5.19. The predicted octanol–water partition coefficient (Wildman–Crippen LogP) is 4.35. The molecular weight excluding hydrogens is 270 g/mol. The number of benzene rings is 1. The molecule has 0 aliphatic rings. The molecule has 20 heavy (non-hydrogen) atoms. The number of fused-ring (bicyclic) bond motifs is 2. The predicted molar refractivity (Wildman–Crippen MR) is 85.4 cm³/mol. The second kappa shape index (κ2) is 4.73. The van der Waals surface area contributed by atoms with Gasteiger partial charge in [-0.1, -0.05) is 36.4 Å². The fourth-order valence-corrected chi connectivity index (χ4v) is 2.58. The molecule has 0 N–H and O–H groups in total. The van der Waals surface area contributed by atoms with Crippen LogP contribution in [-0.2, 0) is 0 Å². The fourth-order valence-electron chi connectivity index (χ4n) is 2.43. The zero-order valence-electron chi connectivity index (χ0n) is 11.0. The minimum absolute atomic E-state index is 0.0539. The number of pyridine rings is 1. The third-order valence-electron chi connectivity index (χ3n) is 3.43. The van der Waals surface area contributed by atoms with E-state index in [0.29, 0.717) is 21.3 Å². The van der Waals surface area contributed by atoms with Gasteiger partial charge in [-0.05, 0) is 41.6 Å². The van der Waals surface area contributed by atoms with Crippen LogP contribution in [0.2, 0.25) is 5.02 Å². The minimum Gasteiger partial charge on any atom is -0.289 e. The lowest BCUT2D eigenvalue weighted by Gasteiger charge is -2.00. The molecule has 1 aromatic heterocycles. The highest BCUT2D eigenvalue weighted by molar-refractivity contribution is 6.31. The summed E-state index contributed by atoms with van der Waals surface area (Å²) in [6.07, 6.45) is 3.29. The largest absolute Gasteiger partial charge is 0.289 e. The lowest BCUT2D eigenvalue weighted by Crippen LogP contribution is -2.00. The van der Waals surface area contributed by atoms with Crippen LogP contribution in [0.15, 0.2) is 47.9 Å². The van der Waals surface area contributed by atoms with E-state index in [1.807, 2.05) is 31.2 Å². The van der Waals surface area contributed by atoms with Crippen LogP contribution in [0.4, 0.5) is 0 Å². The van der Waals surface area contributed by atoms with Gasteiger partial charge in [0.1, 0.15) is 0 Å². The van der Waals surface area contributed by atoms with Gasteiger partial charge in [-0.3, -0.25) is 9.78 Å². The minimum atomic E-state index is -0.0539. The van der Waals surface area contributed by atoms with E-state index in [4.69, 9.17) is 11.6 Å². The van der Waals surface area contributed by atoms with Gasteiger partial charge in [0.05, 0.1) is 10.5 Å². The Morgan fingerprint density at radius 2 is 1.95 bits per heavy atom. The smallest absolute Gasteiger partial charge is 0.195 e. The number of aryl methyl sites for hydroxylation is 1. The molecule has 98 valence electrons. The van der Waals surface area contributed by atoms with Crippen molar-refractivity contribution in [2.24, 2.45) is 0 Å². The Kier molecular flexibility index (Phi) is 3.03. The van der Waals surface area contributed by atoms with E-state index in [-0.39, 0.29) is 5.43 Å². The van der Waals surface area contributed by atoms with Gasteiger partial charge in [-0.25, -0.2) is 0 Å². The van der Waals surface area contributed by atoms with Crippen molar-refractivity contribution in [1.82, 2.24) is 4.98 Å². The van der Waals surface area contributed by atoms with Crippen molar-refractivity contribution in [2.45, 2.75) is 6.92 Å². The molecule has 0 aliphatic heterocycles. The molecule has 0 amide bonds. The molecule has 3 aromatic rings. The topological polar surface area (TPSA) is 30.0 Å². The van der Waals surface area contributed by atoms with Crippen LogP contribution in [0.3, 0.4) is 0 Å². The average molecular weight is 282 g/mol. The van der Waals surface area contributed by atoms with Gasteiger partial charge in [0, 0.05) is 17.0 Å². The van der Waals surface area contributed by atoms with Crippen LogP contribution in [0.25, 0.3) is 27.8 Å². The lowest BCUT2D eigenvalue weighted by molar-refractivity contribution is 1.42. The SMILES string of the molecule is C=Cc1cc(C)c2ccc3ncc(Cl)cc3c(=O)c2c1. The quantitative estimate of drug-likeness (QED) is 0.663. The summed E-state index contributed by atoms with van der Waals surface area (Å²) in [7, 11) is 0. The third-order valence-corrected chi connectivity index (χ3v) is 3.63. The lowest BCUT2D eigenvalue weighted by atomic mass is 10.0. The van der Waals surface area contributed by atoms with Crippen molar-refractivity contribution in [3.63, 3.8) is 0 Å². The molecule has 0 unspecified atom stereocenters. The summed E-state index contributed by atoms with van der Waals surface area (Å²) in [6, 6.07) is 9.33. The number of hydrogen-bond acceptors (Lipinski definition) is 2.